The number of hydrogen-bond acceptors (Lipinski definition) is 3. The van der Waals surface area contributed by atoms with E-state index in [2.05, 4.69) is 37.8 Å². The third kappa shape index (κ3) is 4.89. The van der Waals surface area contributed by atoms with Gasteiger partial charge in [0.25, 0.3) is 5.56 Å². The number of aromatic nitrogens is 1. The molecular formula is C24H35N3O2. The van der Waals surface area contributed by atoms with E-state index in [9.17, 15) is 9.59 Å². The molecule has 0 N–H and O–H groups in total. The summed E-state index contributed by atoms with van der Waals surface area (Å²) in [6.45, 7) is 9.20. The number of likely N-dealkylation sites (tertiary alicyclic amines) is 1. The lowest BCUT2D eigenvalue weighted by Crippen LogP contribution is -2.53. The Morgan fingerprint density at radius 3 is 2.62 bits per heavy atom. The second-order valence-electron chi connectivity index (χ2n) is 9.12. The van der Waals surface area contributed by atoms with Crippen molar-refractivity contribution in [2.45, 2.75) is 52.0 Å². The first-order valence-electron chi connectivity index (χ1n) is 10.7. The van der Waals surface area contributed by atoms with Crippen LogP contribution < -0.4 is 5.56 Å². The lowest BCUT2D eigenvalue weighted by atomic mass is 9.78. The first kappa shape index (κ1) is 21.6. The Hall–Kier alpha value is -2.14. The van der Waals surface area contributed by atoms with Crippen molar-refractivity contribution in [3.8, 4) is 0 Å². The molecular weight excluding hydrogens is 362 g/mol. The van der Waals surface area contributed by atoms with Gasteiger partial charge in [-0.1, -0.05) is 29.4 Å². The van der Waals surface area contributed by atoms with Crippen molar-refractivity contribution in [1.82, 2.24) is 14.4 Å². The lowest BCUT2D eigenvalue weighted by Gasteiger charge is -2.46. The number of pyridine rings is 1. The molecule has 0 radical (unpaired) electrons. The van der Waals surface area contributed by atoms with Crippen LogP contribution in [-0.2, 0) is 4.79 Å². The molecule has 0 aromatic carbocycles. The number of fused-ring (bicyclic) bond motifs is 4. The highest BCUT2D eigenvalue weighted by atomic mass is 16.2. The van der Waals surface area contributed by atoms with Crippen molar-refractivity contribution in [3.05, 3.63) is 57.5 Å². The summed E-state index contributed by atoms with van der Waals surface area (Å²) in [6, 6.07) is 5.05. The molecule has 158 valence electrons. The van der Waals surface area contributed by atoms with E-state index in [4.69, 9.17) is 0 Å². The predicted molar refractivity (Wildman–Crippen MR) is 118 cm³/mol. The van der Waals surface area contributed by atoms with Crippen LogP contribution in [0.4, 0.5) is 0 Å². The van der Waals surface area contributed by atoms with Crippen LogP contribution in [0.3, 0.4) is 0 Å². The van der Waals surface area contributed by atoms with E-state index in [0.717, 1.165) is 44.6 Å². The molecule has 0 aliphatic carbocycles. The van der Waals surface area contributed by atoms with Gasteiger partial charge in [0.1, 0.15) is 6.04 Å². The summed E-state index contributed by atoms with van der Waals surface area (Å²) in [5.74, 6) is 0.516. The van der Waals surface area contributed by atoms with Crippen molar-refractivity contribution in [1.29, 1.82) is 0 Å². The topological polar surface area (TPSA) is 45.6 Å². The van der Waals surface area contributed by atoms with Gasteiger partial charge in [0.2, 0.25) is 5.91 Å². The number of piperidine rings is 1. The fourth-order valence-corrected chi connectivity index (χ4v) is 4.73. The summed E-state index contributed by atoms with van der Waals surface area (Å²) in [4.78, 5) is 29.7. The maximum absolute atomic E-state index is 13.0. The van der Waals surface area contributed by atoms with Crippen LogP contribution in [0.1, 0.15) is 57.7 Å². The number of nitrogens with zero attached hydrogens (tertiary/aromatic N) is 3. The summed E-state index contributed by atoms with van der Waals surface area (Å²) in [5.41, 5.74) is 3.74. The third-order valence-corrected chi connectivity index (χ3v) is 6.21. The van der Waals surface area contributed by atoms with Crippen molar-refractivity contribution < 1.29 is 4.79 Å². The zero-order chi connectivity index (χ0) is 21.1. The van der Waals surface area contributed by atoms with Gasteiger partial charge in [-0.15, -0.1) is 0 Å². The minimum absolute atomic E-state index is 0.0262. The first-order valence-corrected chi connectivity index (χ1v) is 10.7. The number of hydrogen-bond donors (Lipinski definition) is 0. The van der Waals surface area contributed by atoms with Crippen molar-refractivity contribution in [3.63, 3.8) is 0 Å². The number of carbonyl (C=O) groups is 1. The van der Waals surface area contributed by atoms with Gasteiger partial charge in [0.05, 0.1) is 0 Å². The maximum Gasteiger partial charge on any atom is 0.251 e. The number of likely N-dealkylation sites (N-methyl/N-ethyl adjacent to an activating group) is 1. The molecule has 0 unspecified atom stereocenters. The quantitative estimate of drug-likeness (QED) is 0.689. The van der Waals surface area contributed by atoms with E-state index >= 15 is 0 Å². The standard InChI is InChI=1S/C24H35N3O2/c1-17(2)8-6-9-18(3)12-13-26-15-19-14-20(16-26)23(24(29)25(4)5)27-21(19)10-7-11-22(27)28/h7-8,10-12,19-20,23H,6,9,13-16H2,1-5H3/b18-12+/t19-,20+,23-/m1/s1. The molecule has 2 aliphatic rings. The largest absolute Gasteiger partial charge is 0.347 e. The number of amides is 1. The van der Waals surface area contributed by atoms with Gasteiger partial charge in [-0.2, -0.15) is 0 Å². The molecule has 3 heterocycles. The summed E-state index contributed by atoms with van der Waals surface area (Å²) < 4.78 is 1.78. The highest BCUT2D eigenvalue weighted by Crippen LogP contribution is 2.41. The third-order valence-electron chi connectivity index (χ3n) is 6.21. The molecule has 1 fully saturated rings. The molecule has 5 heteroatoms. The SMILES string of the molecule is CC(C)=CCC/C(C)=C/CN1C[C@H]2C[C@@H](C1)[C@H](C(=O)N(C)C)n1c2cccc1=O. The van der Waals surface area contributed by atoms with Crippen LogP contribution in [0.15, 0.2) is 46.3 Å². The molecule has 29 heavy (non-hydrogen) atoms. The molecule has 1 aromatic rings. The van der Waals surface area contributed by atoms with Gasteiger partial charge in [0, 0.05) is 57.3 Å². The Morgan fingerprint density at radius 2 is 1.93 bits per heavy atom. The highest BCUT2D eigenvalue weighted by Gasteiger charge is 2.43. The van der Waals surface area contributed by atoms with E-state index < -0.39 is 6.04 Å². The number of rotatable bonds is 6. The zero-order valence-corrected chi connectivity index (χ0v) is 18.5. The van der Waals surface area contributed by atoms with Crippen LogP contribution in [0.2, 0.25) is 0 Å². The van der Waals surface area contributed by atoms with Crippen LogP contribution in [-0.4, -0.2) is 54.0 Å². The Kier molecular flexibility index (Phi) is 6.78. The van der Waals surface area contributed by atoms with E-state index in [1.165, 1.54) is 11.1 Å². The molecule has 0 saturated carbocycles. The van der Waals surface area contributed by atoms with Crippen molar-refractivity contribution >= 4 is 5.91 Å². The number of allylic oxidation sites excluding steroid dienone is 3. The summed E-state index contributed by atoms with van der Waals surface area (Å²) in [5, 5.41) is 0. The molecule has 1 aromatic heterocycles. The van der Waals surface area contributed by atoms with Crippen molar-refractivity contribution in [2.24, 2.45) is 5.92 Å². The molecule has 0 spiro atoms. The van der Waals surface area contributed by atoms with Gasteiger partial charge in [-0.3, -0.25) is 19.1 Å². The van der Waals surface area contributed by atoms with E-state index in [-0.39, 0.29) is 17.4 Å². The average Bonchev–Trinajstić information content (AvgIpc) is 2.66. The Balaban J connectivity index is 1.79. The van der Waals surface area contributed by atoms with Crippen LogP contribution >= 0.6 is 0 Å². The van der Waals surface area contributed by atoms with Gasteiger partial charge in [0.15, 0.2) is 0 Å². The highest BCUT2D eigenvalue weighted by molar-refractivity contribution is 5.80. The first-order chi connectivity index (χ1) is 13.8. The molecule has 5 nitrogen and oxygen atoms in total. The van der Waals surface area contributed by atoms with Crippen LogP contribution in [0.5, 0.6) is 0 Å². The van der Waals surface area contributed by atoms with Gasteiger partial charge in [-0.05, 0) is 46.1 Å². The fraction of sp³-hybridized carbons (Fsp3) is 0.583. The molecule has 1 amide bonds. The molecule has 1 saturated heterocycles. The Bertz CT molecular complexity index is 861. The van der Waals surface area contributed by atoms with E-state index in [1.807, 2.05) is 12.1 Å². The van der Waals surface area contributed by atoms with Crippen LogP contribution in [0, 0.1) is 5.92 Å². The van der Waals surface area contributed by atoms with Gasteiger partial charge >= 0.3 is 0 Å². The second-order valence-corrected chi connectivity index (χ2v) is 9.12. The summed E-state index contributed by atoms with van der Waals surface area (Å²) >= 11 is 0. The zero-order valence-electron chi connectivity index (χ0n) is 18.5. The predicted octanol–water partition coefficient (Wildman–Crippen LogP) is 3.59. The van der Waals surface area contributed by atoms with Gasteiger partial charge < -0.3 is 4.90 Å². The van der Waals surface area contributed by atoms with Crippen LogP contribution in [0.25, 0.3) is 0 Å². The molecule has 3 rings (SSSR count). The summed E-state index contributed by atoms with van der Waals surface area (Å²) in [6.07, 6.45) is 7.78. The molecule has 2 aliphatic heterocycles. The minimum atomic E-state index is -0.393. The van der Waals surface area contributed by atoms with E-state index in [1.54, 1.807) is 29.6 Å². The Labute approximate surface area is 174 Å². The van der Waals surface area contributed by atoms with E-state index in [0.29, 0.717) is 5.92 Å². The average molecular weight is 398 g/mol. The fourth-order valence-electron chi connectivity index (χ4n) is 4.73. The monoisotopic (exact) mass is 397 g/mol. The second kappa shape index (κ2) is 9.12. The smallest absolute Gasteiger partial charge is 0.251 e. The van der Waals surface area contributed by atoms with Gasteiger partial charge in [-0.25, -0.2) is 0 Å². The Morgan fingerprint density at radius 1 is 1.17 bits per heavy atom. The summed E-state index contributed by atoms with van der Waals surface area (Å²) in [7, 11) is 3.56. The van der Waals surface area contributed by atoms with Crippen molar-refractivity contribution in [2.75, 3.05) is 33.7 Å². The molecule has 3 atom stereocenters. The normalized spacial score (nSPS) is 24.0. The maximum atomic E-state index is 13.0. The minimum Gasteiger partial charge on any atom is -0.347 e. The number of carbonyl (C=O) groups excluding carboxylic acids is 1. The molecule has 2 bridgehead atoms. The lowest BCUT2D eigenvalue weighted by molar-refractivity contribution is -0.135.